The van der Waals surface area contributed by atoms with Crippen LogP contribution in [0.3, 0.4) is 0 Å². The number of carbonyl (C=O) groups excluding carboxylic acids is 2. The number of carbonyl (C=O) groups is 2. The van der Waals surface area contributed by atoms with E-state index in [1.165, 1.54) is 14.2 Å². The Kier molecular flexibility index (Phi) is 7.13. The zero-order chi connectivity index (χ0) is 14.8. The predicted molar refractivity (Wildman–Crippen MR) is 74.1 cm³/mol. The number of ether oxygens (including phenoxy) is 2. The van der Waals surface area contributed by atoms with Crippen molar-refractivity contribution in [2.24, 2.45) is 0 Å². The van der Waals surface area contributed by atoms with Gasteiger partial charge in [0.05, 0.1) is 0 Å². The van der Waals surface area contributed by atoms with Gasteiger partial charge in [0.2, 0.25) is 5.91 Å². The zero-order valence-corrected chi connectivity index (χ0v) is 11.7. The largest absolute Gasteiger partial charge is 0.445 e. The summed E-state index contributed by atoms with van der Waals surface area (Å²) in [6.07, 6.45) is -0.241. The molecule has 0 aliphatic carbocycles. The first-order chi connectivity index (χ1) is 9.67. The van der Waals surface area contributed by atoms with Crippen LogP contribution in [0.15, 0.2) is 30.3 Å². The van der Waals surface area contributed by atoms with Crippen LogP contribution >= 0.6 is 0 Å². The molecule has 0 fully saturated rings. The molecule has 0 aromatic heterocycles. The van der Waals surface area contributed by atoms with E-state index in [2.05, 4.69) is 10.6 Å². The Morgan fingerprint density at radius 1 is 1.25 bits per heavy atom. The molecular formula is C14H20N2O4. The average Bonchev–Trinajstić information content (AvgIpc) is 2.49. The molecular weight excluding hydrogens is 260 g/mol. The summed E-state index contributed by atoms with van der Waals surface area (Å²) < 4.78 is 9.97. The standard InChI is InChI=1S/C14H20N2O4/c1-15-13(17)12(8-9-19-2)16-14(18)20-10-11-6-4-3-5-7-11/h3-7,12H,8-10H2,1-2H3,(H,15,17)(H,16,18)/t12-/m0/s1. The average molecular weight is 280 g/mol. The van der Waals surface area contributed by atoms with Crippen molar-refractivity contribution < 1.29 is 19.1 Å². The van der Waals surface area contributed by atoms with Crippen molar-refractivity contribution in [3.05, 3.63) is 35.9 Å². The van der Waals surface area contributed by atoms with E-state index in [0.29, 0.717) is 13.0 Å². The van der Waals surface area contributed by atoms with Crippen molar-refractivity contribution in [2.75, 3.05) is 20.8 Å². The molecule has 0 radical (unpaired) electrons. The van der Waals surface area contributed by atoms with E-state index < -0.39 is 12.1 Å². The van der Waals surface area contributed by atoms with Crippen LogP contribution in [0, 0.1) is 0 Å². The van der Waals surface area contributed by atoms with Crippen LogP contribution in [0.2, 0.25) is 0 Å². The highest BCUT2D eigenvalue weighted by atomic mass is 16.5. The fourth-order valence-electron chi connectivity index (χ4n) is 1.59. The molecule has 0 saturated heterocycles. The van der Waals surface area contributed by atoms with Crippen LogP contribution in [0.25, 0.3) is 0 Å². The minimum atomic E-state index is -0.664. The third-order valence-corrected chi connectivity index (χ3v) is 2.68. The van der Waals surface area contributed by atoms with Crippen LogP contribution in [-0.2, 0) is 20.9 Å². The number of benzene rings is 1. The molecule has 6 heteroatoms. The summed E-state index contributed by atoms with van der Waals surface area (Å²) in [6.45, 7) is 0.536. The number of amides is 2. The third kappa shape index (κ3) is 5.71. The Bertz CT molecular complexity index is 422. The molecule has 0 bridgehead atoms. The number of methoxy groups -OCH3 is 1. The molecule has 1 aromatic rings. The van der Waals surface area contributed by atoms with E-state index in [1.807, 2.05) is 30.3 Å². The molecule has 1 atom stereocenters. The molecule has 20 heavy (non-hydrogen) atoms. The number of rotatable bonds is 7. The summed E-state index contributed by atoms with van der Waals surface area (Å²) in [5, 5.41) is 5.01. The van der Waals surface area contributed by atoms with Gasteiger partial charge in [-0.3, -0.25) is 4.79 Å². The second kappa shape index (κ2) is 8.92. The van der Waals surface area contributed by atoms with Crippen molar-refractivity contribution >= 4 is 12.0 Å². The molecule has 0 aliphatic heterocycles. The highest BCUT2D eigenvalue weighted by Crippen LogP contribution is 2.01. The third-order valence-electron chi connectivity index (χ3n) is 2.68. The van der Waals surface area contributed by atoms with Gasteiger partial charge in [-0.1, -0.05) is 30.3 Å². The van der Waals surface area contributed by atoms with E-state index in [-0.39, 0.29) is 12.5 Å². The lowest BCUT2D eigenvalue weighted by Crippen LogP contribution is -2.46. The lowest BCUT2D eigenvalue weighted by Gasteiger charge is -2.16. The van der Waals surface area contributed by atoms with Gasteiger partial charge in [-0.25, -0.2) is 4.79 Å². The maximum Gasteiger partial charge on any atom is 0.408 e. The van der Waals surface area contributed by atoms with Gasteiger partial charge in [-0.05, 0) is 5.56 Å². The first-order valence-corrected chi connectivity index (χ1v) is 6.35. The second-order valence-corrected chi connectivity index (χ2v) is 4.15. The maximum atomic E-state index is 11.7. The fourth-order valence-corrected chi connectivity index (χ4v) is 1.59. The Hall–Kier alpha value is -2.08. The minimum Gasteiger partial charge on any atom is -0.445 e. The molecule has 1 aromatic carbocycles. The Morgan fingerprint density at radius 3 is 2.55 bits per heavy atom. The Labute approximate surface area is 118 Å². The minimum absolute atomic E-state index is 0.164. The van der Waals surface area contributed by atoms with Crippen LogP contribution in [0.4, 0.5) is 4.79 Å². The smallest absolute Gasteiger partial charge is 0.408 e. The highest BCUT2D eigenvalue weighted by Gasteiger charge is 2.19. The van der Waals surface area contributed by atoms with Gasteiger partial charge in [0, 0.05) is 27.2 Å². The summed E-state index contributed by atoms with van der Waals surface area (Å²) in [5.41, 5.74) is 0.885. The summed E-state index contributed by atoms with van der Waals surface area (Å²) in [5.74, 6) is -0.279. The lowest BCUT2D eigenvalue weighted by atomic mass is 10.2. The van der Waals surface area contributed by atoms with E-state index in [1.54, 1.807) is 0 Å². The van der Waals surface area contributed by atoms with E-state index in [0.717, 1.165) is 5.56 Å². The Balaban J connectivity index is 2.43. The number of likely N-dealkylation sites (N-methyl/N-ethyl adjacent to an activating group) is 1. The second-order valence-electron chi connectivity index (χ2n) is 4.15. The van der Waals surface area contributed by atoms with Crippen molar-refractivity contribution in [1.29, 1.82) is 0 Å². The molecule has 0 heterocycles. The fraction of sp³-hybridized carbons (Fsp3) is 0.429. The van der Waals surface area contributed by atoms with Crippen LogP contribution in [0.1, 0.15) is 12.0 Å². The number of hydrogen-bond donors (Lipinski definition) is 2. The van der Waals surface area contributed by atoms with E-state index >= 15 is 0 Å². The van der Waals surface area contributed by atoms with Crippen LogP contribution < -0.4 is 10.6 Å². The predicted octanol–water partition coefficient (Wildman–Crippen LogP) is 1.06. The van der Waals surface area contributed by atoms with E-state index in [9.17, 15) is 9.59 Å². The molecule has 0 unspecified atom stereocenters. The molecule has 0 aliphatic rings. The first kappa shape index (κ1) is 16.0. The molecule has 110 valence electrons. The van der Waals surface area contributed by atoms with Crippen LogP contribution in [0.5, 0.6) is 0 Å². The number of alkyl carbamates (subject to hydrolysis) is 1. The van der Waals surface area contributed by atoms with Crippen LogP contribution in [-0.4, -0.2) is 38.8 Å². The molecule has 0 saturated carbocycles. The van der Waals surface area contributed by atoms with Gasteiger partial charge in [-0.15, -0.1) is 0 Å². The lowest BCUT2D eigenvalue weighted by molar-refractivity contribution is -0.123. The van der Waals surface area contributed by atoms with Crippen molar-refractivity contribution in [1.82, 2.24) is 10.6 Å². The summed E-state index contributed by atoms with van der Waals surface area (Å²) in [6, 6.07) is 8.66. The maximum absolute atomic E-state index is 11.7. The molecule has 2 N–H and O–H groups in total. The normalized spacial score (nSPS) is 11.5. The van der Waals surface area contributed by atoms with Gasteiger partial charge in [0.15, 0.2) is 0 Å². The zero-order valence-electron chi connectivity index (χ0n) is 11.7. The van der Waals surface area contributed by atoms with E-state index in [4.69, 9.17) is 9.47 Å². The first-order valence-electron chi connectivity index (χ1n) is 6.35. The highest BCUT2D eigenvalue weighted by molar-refractivity contribution is 5.85. The number of hydrogen-bond acceptors (Lipinski definition) is 4. The molecule has 2 amide bonds. The monoisotopic (exact) mass is 280 g/mol. The Morgan fingerprint density at radius 2 is 1.95 bits per heavy atom. The van der Waals surface area contributed by atoms with Crippen molar-refractivity contribution in [3.8, 4) is 0 Å². The molecule has 1 rings (SSSR count). The van der Waals surface area contributed by atoms with Gasteiger partial charge >= 0.3 is 6.09 Å². The summed E-state index contributed by atoms with van der Waals surface area (Å²) >= 11 is 0. The van der Waals surface area contributed by atoms with Crippen molar-refractivity contribution in [3.63, 3.8) is 0 Å². The van der Waals surface area contributed by atoms with Crippen molar-refractivity contribution in [2.45, 2.75) is 19.1 Å². The topological polar surface area (TPSA) is 76.7 Å². The quantitative estimate of drug-likeness (QED) is 0.783. The number of nitrogens with one attached hydrogen (secondary N) is 2. The van der Waals surface area contributed by atoms with Gasteiger partial charge in [0.1, 0.15) is 12.6 Å². The molecule has 0 spiro atoms. The SMILES string of the molecule is CNC(=O)[C@H](CCOC)NC(=O)OCc1ccccc1. The summed E-state index contributed by atoms with van der Waals surface area (Å²) in [7, 11) is 3.05. The van der Waals surface area contributed by atoms with Gasteiger partial charge in [-0.2, -0.15) is 0 Å². The van der Waals surface area contributed by atoms with Gasteiger partial charge < -0.3 is 20.1 Å². The summed E-state index contributed by atoms with van der Waals surface area (Å²) in [4.78, 5) is 23.2. The van der Waals surface area contributed by atoms with Gasteiger partial charge in [0.25, 0.3) is 0 Å². The molecule has 6 nitrogen and oxygen atoms in total.